The predicted molar refractivity (Wildman–Crippen MR) is 99.2 cm³/mol. The molecule has 0 saturated carbocycles. The van der Waals surface area contributed by atoms with Gasteiger partial charge in [-0.05, 0) is 38.7 Å². The average molecular weight is 367 g/mol. The van der Waals surface area contributed by atoms with Gasteiger partial charge in [0, 0.05) is 38.9 Å². The molecule has 6 nitrogen and oxygen atoms in total. The molecule has 25 heavy (non-hydrogen) atoms. The lowest BCUT2D eigenvalue weighted by Gasteiger charge is -2.39. The molecule has 2 atom stereocenters. The van der Waals surface area contributed by atoms with Crippen LogP contribution in [0, 0.1) is 5.92 Å². The molecule has 2 fully saturated rings. The number of hydrogen-bond donors (Lipinski definition) is 1. The monoisotopic (exact) mass is 366 g/mol. The van der Waals surface area contributed by atoms with Crippen LogP contribution >= 0.6 is 11.6 Å². The van der Waals surface area contributed by atoms with Crippen LogP contribution in [0.15, 0.2) is 12.3 Å². The summed E-state index contributed by atoms with van der Waals surface area (Å²) >= 11 is 6.30. The maximum atomic E-state index is 11.2. The van der Waals surface area contributed by atoms with Crippen LogP contribution in [0.4, 0.5) is 5.82 Å². The first-order valence-corrected chi connectivity index (χ1v) is 9.38. The molecular formula is C18H27ClN4O2. The predicted octanol–water partition coefficient (Wildman–Crippen LogP) is 2.16. The van der Waals surface area contributed by atoms with Gasteiger partial charge in [0.2, 0.25) is 5.91 Å². The van der Waals surface area contributed by atoms with Gasteiger partial charge in [0.05, 0.1) is 22.8 Å². The summed E-state index contributed by atoms with van der Waals surface area (Å²) in [4.78, 5) is 20.3. The van der Waals surface area contributed by atoms with Crippen LogP contribution in [0.2, 0.25) is 5.02 Å². The average Bonchev–Trinajstić information content (AvgIpc) is 2.54. The van der Waals surface area contributed by atoms with Crippen LogP contribution in [-0.2, 0) is 4.74 Å². The molecule has 2 aliphatic heterocycles. The van der Waals surface area contributed by atoms with Crippen LogP contribution < -0.4 is 10.6 Å². The molecule has 0 spiro atoms. The number of aromatic nitrogens is 1. The Morgan fingerprint density at radius 1 is 1.32 bits per heavy atom. The molecular weight excluding hydrogens is 340 g/mol. The van der Waals surface area contributed by atoms with Crippen molar-refractivity contribution < 1.29 is 9.53 Å². The van der Waals surface area contributed by atoms with E-state index in [-0.39, 0.29) is 0 Å². The van der Waals surface area contributed by atoms with E-state index in [1.807, 2.05) is 0 Å². The highest BCUT2D eigenvalue weighted by Crippen LogP contribution is 2.29. The van der Waals surface area contributed by atoms with E-state index in [4.69, 9.17) is 22.1 Å². The molecule has 2 saturated heterocycles. The Balaban J connectivity index is 1.54. The topological polar surface area (TPSA) is 71.7 Å². The molecule has 3 rings (SSSR count). The zero-order valence-corrected chi connectivity index (χ0v) is 15.7. The number of amides is 1. The number of carbonyl (C=O) groups is 1. The van der Waals surface area contributed by atoms with Gasteiger partial charge in [-0.3, -0.25) is 9.69 Å². The van der Waals surface area contributed by atoms with E-state index in [0.29, 0.717) is 28.7 Å². The Kier molecular flexibility index (Phi) is 5.81. The lowest BCUT2D eigenvalue weighted by atomic mass is 9.95. The van der Waals surface area contributed by atoms with Crippen molar-refractivity contribution in [2.45, 2.75) is 38.9 Å². The summed E-state index contributed by atoms with van der Waals surface area (Å²) in [7, 11) is 0. The fourth-order valence-corrected chi connectivity index (χ4v) is 4.21. The SMILES string of the molecule is CC1CN(CC2CCN(c3ncc(C(N)=O)cc3Cl)CC2)CC(C)O1. The summed E-state index contributed by atoms with van der Waals surface area (Å²) < 4.78 is 5.81. The highest BCUT2D eigenvalue weighted by Gasteiger charge is 2.27. The fraction of sp³-hybridized carbons (Fsp3) is 0.667. The molecule has 7 heteroatoms. The Morgan fingerprint density at radius 3 is 2.52 bits per heavy atom. The summed E-state index contributed by atoms with van der Waals surface area (Å²) in [5, 5.41) is 0.491. The quantitative estimate of drug-likeness (QED) is 0.884. The second kappa shape index (κ2) is 7.89. The molecule has 138 valence electrons. The number of nitrogens with two attached hydrogens (primary N) is 1. The Morgan fingerprint density at radius 2 is 1.96 bits per heavy atom. The van der Waals surface area contributed by atoms with Crippen molar-refractivity contribution in [2.75, 3.05) is 37.6 Å². The Hall–Kier alpha value is -1.37. The van der Waals surface area contributed by atoms with Crippen LogP contribution in [0.3, 0.4) is 0 Å². The molecule has 1 aromatic heterocycles. The first kappa shape index (κ1) is 18.4. The van der Waals surface area contributed by atoms with Gasteiger partial charge in [-0.25, -0.2) is 4.98 Å². The molecule has 2 unspecified atom stereocenters. The number of ether oxygens (including phenoxy) is 1. The maximum Gasteiger partial charge on any atom is 0.250 e. The number of carbonyl (C=O) groups excluding carboxylic acids is 1. The van der Waals surface area contributed by atoms with Gasteiger partial charge in [-0.2, -0.15) is 0 Å². The van der Waals surface area contributed by atoms with Crippen molar-refractivity contribution in [3.63, 3.8) is 0 Å². The Bertz CT molecular complexity index is 609. The van der Waals surface area contributed by atoms with E-state index in [2.05, 4.69) is 28.6 Å². The lowest BCUT2D eigenvalue weighted by molar-refractivity contribution is -0.0720. The highest BCUT2D eigenvalue weighted by atomic mass is 35.5. The minimum absolute atomic E-state index is 0.315. The fourth-order valence-electron chi connectivity index (χ4n) is 3.92. The third kappa shape index (κ3) is 4.63. The van der Waals surface area contributed by atoms with Gasteiger partial charge in [0.1, 0.15) is 5.82 Å². The summed E-state index contributed by atoms with van der Waals surface area (Å²) in [5.41, 5.74) is 5.62. The van der Waals surface area contributed by atoms with Crippen molar-refractivity contribution >= 4 is 23.3 Å². The van der Waals surface area contributed by atoms with Crippen molar-refractivity contribution in [1.82, 2.24) is 9.88 Å². The number of primary amides is 1. The van der Waals surface area contributed by atoms with E-state index < -0.39 is 5.91 Å². The van der Waals surface area contributed by atoms with E-state index in [0.717, 1.165) is 51.4 Å². The zero-order chi connectivity index (χ0) is 18.0. The third-order valence-corrected chi connectivity index (χ3v) is 5.31. The minimum atomic E-state index is -0.506. The van der Waals surface area contributed by atoms with Crippen LogP contribution in [0.25, 0.3) is 0 Å². The maximum absolute atomic E-state index is 11.2. The van der Waals surface area contributed by atoms with E-state index >= 15 is 0 Å². The van der Waals surface area contributed by atoms with Gasteiger partial charge in [0.25, 0.3) is 0 Å². The molecule has 0 bridgehead atoms. The van der Waals surface area contributed by atoms with Crippen LogP contribution in [0.5, 0.6) is 0 Å². The molecule has 0 aliphatic carbocycles. The highest BCUT2D eigenvalue weighted by molar-refractivity contribution is 6.33. The lowest BCUT2D eigenvalue weighted by Crippen LogP contribution is -2.48. The standard InChI is InChI=1S/C18H27ClN4O2/c1-12-9-22(10-13(2)25-12)11-14-3-5-23(6-4-14)18-16(19)7-15(8-21-18)17(20)24/h7-8,12-14H,3-6,9-11H2,1-2H3,(H2,20,24). The summed E-state index contributed by atoms with van der Waals surface area (Å²) in [6.45, 7) is 9.33. The second-order valence-corrected chi connectivity index (χ2v) is 7.71. The van der Waals surface area contributed by atoms with Gasteiger partial charge < -0.3 is 15.4 Å². The number of piperidine rings is 1. The third-order valence-electron chi connectivity index (χ3n) is 5.03. The van der Waals surface area contributed by atoms with E-state index in [9.17, 15) is 4.79 Å². The van der Waals surface area contributed by atoms with Crippen molar-refractivity contribution in [3.8, 4) is 0 Å². The molecule has 1 amide bonds. The summed E-state index contributed by atoms with van der Waals surface area (Å²) in [6.07, 6.45) is 4.38. The van der Waals surface area contributed by atoms with Gasteiger partial charge in [0.15, 0.2) is 0 Å². The zero-order valence-electron chi connectivity index (χ0n) is 14.9. The van der Waals surface area contributed by atoms with Gasteiger partial charge in [-0.1, -0.05) is 11.6 Å². The number of nitrogens with zero attached hydrogens (tertiary/aromatic N) is 3. The molecule has 2 N–H and O–H groups in total. The number of rotatable bonds is 4. The molecule has 2 aliphatic rings. The molecule has 0 radical (unpaired) electrons. The van der Waals surface area contributed by atoms with E-state index in [1.54, 1.807) is 6.07 Å². The first-order valence-electron chi connectivity index (χ1n) is 9.00. The van der Waals surface area contributed by atoms with E-state index in [1.165, 1.54) is 6.20 Å². The summed E-state index contributed by atoms with van der Waals surface area (Å²) in [6, 6.07) is 1.61. The van der Waals surface area contributed by atoms with Crippen molar-refractivity contribution in [3.05, 3.63) is 22.8 Å². The normalized spacial score (nSPS) is 26.0. The molecule has 3 heterocycles. The number of morpholine rings is 1. The second-order valence-electron chi connectivity index (χ2n) is 7.30. The molecule has 1 aromatic rings. The van der Waals surface area contributed by atoms with Gasteiger partial charge in [-0.15, -0.1) is 0 Å². The smallest absolute Gasteiger partial charge is 0.250 e. The van der Waals surface area contributed by atoms with Crippen molar-refractivity contribution in [2.24, 2.45) is 11.7 Å². The number of halogens is 1. The number of hydrogen-bond acceptors (Lipinski definition) is 5. The largest absolute Gasteiger partial charge is 0.373 e. The molecule has 0 aromatic carbocycles. The number of anilines is 1. The minimum Gasteiger partial charge on any atom is -0.373 e. The van der Waals surface area contributed by atoms with Crippen LogP contribution in [0.1, 0.15) is 37.0 Å². The first-order chi connectivity index (χ1) is 11.9. The Labute approximate surface area is 154 Å². The number of pyridine rings is 1. The summed E-state index contributed by atoms with van der Waals surface area (Å²) in [5.74, 6) is 0.935. The van der Waals surface area contributed by atoms with Gasteiger partial charge >= 0.3 is 0 Å². The van der Waals surface area contributed by atoms with Crippen LogP contribution in [-0.4, -0.2) is 60.7 Å². The van der Waals surface area contributed by atoms with Crippen molar-refractivity contribution in [1.29, 1.82) is 0 Å².